The van der Waals surface area contributed by atoms with E-state index < -0.39 is 31.0 Å². The fraction of sp³-hybridized carbons (Fsp3) is 0.278. The van der Waals surface area contributed by atoms with Gasteiger partial charge < -0.3 is 30.0 Å². The number of hydrogen-bond donors (Lipinski definition) is 4. The topological polar surface area (TPSA) is 134 Å². The maximum Gasteiger partial charge on any atom is 0.347 e. The van der Waals surface area contributed by atoms with E-state index in [0.29, 0.717) is 11.2 Å². The second-order valence-electron chi connectivity index (χ2n) is 5.71. The fourth-order valence-corrected chi connectivity index (χ4v) is 2.59. The van der Waals surface area contributed by atoms with Gasteiger partial charge in [0.2, 0.25) is 11.7 Å². The number of fused-ring (bicyclic) bond motifs is 1. The standard InChI is InChI=1S/C18H19N3O6/c1-2-26-18(25)14-15(24)13(27-17(14)21-11(8-22)9-23)6-10-7-20-16-12(10)4-3-5-19-16/h3-7,11,21-23H,2,8-9H2,1H3,(H,19,20)/b13-6-. The Balaban J connectivity index is 1.96. The largest absolute Gasteiger partial charge is 0.462 e. The number of nitrogens with zero attached hydrogens (tertiary/aromatic N) is 1. The predicted molar refractivity (Wildman–Crippen MR) is 94.9 cm³/mol. The highest BCUT2D eigenvalue weighted by Gasteiger charge is 2.37. The zero-order valence-corrected chi connectivity index (χ0v) is 14.6. The maximum atomic E-state index is 12.7. The van der Waals surface area contributed by atoms with Crippen LogP contribution in [-0.2, 0) is 19.1 Å². The molecule has 142 valence electrons. The van der Waals surface area contributed by atoms with E-state index in [-0.39, 0.29) is 23.8 Å². The summed E-state index contributed by atoms with van der Waals surface area (Å²) in [6.07, 6.45) is 4.80. The molecule has 4 N–H and O–H groups in total. The number of rotatable bonds is 7. The fourth-order valence-electron chi connectivity index (χ4n) is 2.59. The summed E-state index contributed by atoms with van der Waals surface area (Å²) in [7, 11) is 0. The van der Waals surface area contributed by atoms with Gasteiger partial charge in [0, 0.05) is 23.3 Å². The van der Waals surface area contributed by atoms with Gasteiger partial charge in [-0.05, 0) is 25.1 Å². The van der Waals surface area contributed by atoms with Crippen LogP contribution in [0.1, 0.15) is 12.5 Å². The molecule has 2 aromatic rings. The van der Waals surface area contributed by atoms with Crippen molar-refractivity contribution in [1.82, 2.24) is 15.3 Å². The van der Waals surface area contributed by atoms with E-state index in [1.807, 2.05) is 6.07 Å². The number of aromatic nitrogens is 2. The number of esters is 1. The van der Waals surface area contributed by atoms with Crippen molar-refractivity contribution < 1.29 is 29.3 Å². The number of pyridine rings is 1. The Morgan fingerprint density at radius 2 is 2.22 bits per heavy atom. The predicted octanol–water partition coefficient (Wildman–Crippen LogP) is 0.221. The molecule has 0 amide bonds. The number of carbonyl (C=O) groups excluding carboxylic acids is 2. The first kappa shape index (κ1) is 18.6. The van der Waals surface area contributed by atoms with Gasteiger partial charge in [-0.1, -0.05) is 0 Å². The van der Waals surface area contributed by atoms with Crippen molar-refractivity contribution >= 4 is 28.9 Å². The Morgan fingerprint density at radius 3 is 2.93 bits per heavy atom. The van der Waals surface area contributed by atoms with Crippen molar-refractivity contribution in [1.29, 1.82) is 0 Å². The molecule has 0 fully saturated rings. The van der Waals surface area contributed by atoms with Gasteiger partial charge >= 0.3 is 5.97 Å². The van der Waals surface area contributed by atoms with Crippen LogP contribution in [0.4, 0.5) is 0 Å². The molecule has 0 aliphatic carbocycles. The monoisotopic (exact) mass is 373 g/mol. The number of aliphatic hydroxyl groups excluding tert-OH is 2. The van der Waals surface area contributed by atoms with Gasteiger partial charge in [-0.3, -0.25) is 4.79 Å². The van der Waals surface area contributed by atoms with E-state index in [4.69, 9.17) is 9.47 Å². The van der Waals surface area contributed by atoms with Crippen molar-refractivity contribution in [3.63, 3.8) is 0 Å². The first-order valence-corrected chi connectivity index (χ1v) is 8.35. The molecule has 0 radical (unpaired) electrons. The Hall–Kier alpha value is -3.17. The lowest BCUT2D eigenvalue weighted by Crippen LogP contribution is -2.36. The summed E-state index contributed by atoms with van der Waals surface area (Å²) in [6.45, 7) is 0.868. The van der Waals surface area contributed by atoms with Crippen molar-refractivity contribution in [2.24, 2.45) is 0 Å². The average Bonchev–Trinajstić information content (AvgIpc) is 3.21. The molecule has 0 saturated carbocycles. The molecule has 0 unspecified atom stereocenters. The zero-order valence-electron chi connectivity index (χ0n) is 14.6. The Morgan fingerprint density at radius 1 is 1.44 bits per heavy atom. The minimum absolute atomic E-state index is 0.0828. The zero-order chi connectivity index (χ0) is 19.4. The molecule has 9 heteroatoms. The number of aromatic amines is 1. The SMILES string of the molecule is CCOC(=O)C1=C(NC(CO)CO)O/C(=C\c2c[nH]c3ncccc23)C1=O. The Kier molecular flexibility index (Phi) is 5.53. The van der Waals surface area contributed by atoms with Crippen LogP contribution in [-0.4, -0.2) is 57.8 Å². The van der Waals surface area contributed by atoms with Gasteiger partial charge in [-0.2, -0.15) is 0 Å². The number of H-pyrrole nitrogens is 1. The van der Waals surface area contributed by atoms with Gasteiger partial charge in [0.25, 0.3) is 0 Å². The van der Waals surface area contributed by atoms with Crippen LogP contribution in [0.3, 0.4) is 0 Å². The summed E-state index contributed by atoms with van der Waals surface area (Å²) in [5.74, 6) is -1.73. The molecule has 1 aliphatic heterocycles. The number of Topliss-reactive ketones (excluding diaryl/α,β-unsaturated/α-hetero) is 1. The van der Waals surface area contributed by atoms with E-state index in [9.17, 15) is 19.8 Å². The van der Waals surface area contributed by atoms with Gasteiger partial charge in [-0.25, -0.2) is 9.78 Å². The van der Waals surface area contributed by atoms with Crippen molar-refractivity contribution in [2.75, 3.05) is 19.8 Å². The van der Waals surface area contributed by atoms with Crippen molar-refractivity contribution in [2.45, 2.75) is 13.0 Å². The third-order valence-electron chi connectivity index (χ3n) is 3.92. The number of ether oxygens (including phenoxy) is 2. The molecule has 0 spiro atoms. The van der Waals surface area contributed by atoms with Crippen LogP contribution in [0.2, 0.25) is 0 Å². The molecule has 0 aromatic carbocycles. The number of allylic oxidation sites excluding steroid dienone is 1. The molecule has 27 heavy (non-hydrogen) atoms. The summed E-state index contributed by atoms with van der Waals surface area (Å²) in [4.78, 5) is 32.1. The molecular formula is C18H19N3O6. The van der Waals surface area contributed by atoms with E-state index in [1.54, 1.807) is 25.4 Å². The molecule has 0 bridgehead atoms. The van der Waals surface area contributed by atoms with Crippen LogP contribution >= 0.6 is 0 Å². The van der Waals surface area contributed by atoms with Crippen LogP contribution in [0.15, 0.2) is 41.7 Å². The molecule has 3 rings (SSSR count). The molecule has 1 aliphatic rings. The molecule has 0 saturated heterocycles. The van der Waals surface area contributed by atoms with Gasteiger partial charge in [0.05, 0.1) is 25.9 Å². The second kappa shape index (κ2) is 8.02. The van der Waals surface area contributed by atoms with Crippen LogP contribution in [0.5, 0.6) is 0 Å². The Labute approximate surface area is 154 Å². The first-order chi connectivity index (χ1) is 13.1. The highest BCUT2D eigenvalue weighted by Crippen LogP contribution is 2.28. The normalized spacial score (nSPS) is 15.7. The van der Waals surface area contributed by atoms with Gasteiger partial charge in [-0.15, -0.1) is 0 Å². The lowest BCUT2D eigenvalue weighted by Gasteiger charge is -2.15. The van der Waals surface area contributed by atoms with Gasteiger partial charge in [0.15, 0.2) is 11.3 Å². The third kappa shape index (κ3) is 3.69. The summed E-state index contributed by atoms with van der Waals surface area (Å²) < 4.78 is 10.5. The molecule has 2 aromatic heterocycles. The maximum absolute atomic E-state index is 12.7. The summed E-state index contributed by atoms with van der Waals surface area (Å²) in [5.41, 5.74) is 0.993. The number of nitrogens with one attached hydrogen (secondary N) is 2. The molecule has 9 nitrogen and oxygen atoms in total. The van der Waals surface area contributed by atoms with Crippen LogP contribution in [0, 0.1) is 0 Å². The van der Waals surface area contributed by atoms with Crippen molar-refractivity contribution in [3.05, 3.63) is 47.3 Å². The third-order valence-corrected chi connectivity index (χ3v) is 3.92. The first-order valence-electron chi connectivity index (χ1n) is 8.35. The lowest BCUT2D eigenvalue weighted by atomic mass is 10.1. The van der Waals surface area contributed by atoms with E-state index in [1.165, 1.54) is 6.08 Å². The number of aliphatic hydroxyl groups is 2. The summed E-state index contributed by atoms with van der Waals surface area (Å²) in [6, 6.07) is 2.79. The number of hydrogen-bond acceptors (Lipinski definition) is 8. The van der Waals surface area contributed by atoms with Crippen molar-refractivity contribution in [3.8, 4) is 0 Å². The number of ketones is 1. The minimum atomic E-state index is -0.844. The van der Waals surface area contributed by atoms with E-state index in [0.717, 1.165) is 5.39 Å². The second-order valence-corrected chi connectivity index (χ2v) is 5.71. The Bertz CT molecular complexity index is 926. The summed E-state index contributed by atoms with van der Waals surface area (Å²) in [5, 5.41) is 21.9. The van der Waals surface area contributed by atoms with Crippen LogP contribution < -0.4 is 5.32 Å². The number of carbonyl (C=O) groups is 2. The smallest absolute Gasteiger partial charge is 0.347 e. The van der Waals surface area contributed by atoms with Gasteiger partial charge in [0.1, 0.15) is 5.65 Å². The van der Waals surface area contributed by atoms with E-state index >= 15 is 0 Å². The summed E-state index contributed by atoms with van der Waals surface area (Å²) >= 11 is 0. The molecular weight excluding hydrogens is 354 g/mol. The highest BCUT2D eigenvalue weighted by molar-refractivity contribution is 6.26. The minimum Gasteiger partial charge on any atom is -0.462 e. The highest BCUT2D eigenvalue weighted by atomic mass is 16.5. The molecule has 3 heterocycles. The quantitative estimate of drug-likeness (QED) is 0.308. The average molecular weight is 373 g/mol. The van der Waals surface area contributed by atoms with E-state index in [2.05, 4.69) is 15.3 Å². The lowest BCUT2D eigenvalue weighted by molar-refractivity contribution is -0.139. The van der Waals surface area contributed by atoms with Crippen LogP contribution in [0.25, 0.3) is 17.1 Å². The molecule has 0 atom stereocenters.